The number of carbonyl (C=O) groups excluding carboxylic acids is 3. The van der Waals surface area contributed by atoms with E-state index in [-0.39, 0.29) is 24.3 Å². The molecule has 0 aliphatic carbocycles. The van der Waals surface area contributed by atoms with Crippen molar-refractivity contribution in [3.05, 3.63) is 48.2 Å². The zero-order valence-electron chi connectivity index (χ0n) is 19.5. The number of anilines is 3. The molecule has 0 bridgehead atoms. The minimum absolute atomic E-state index is 0.0931. The fourth-order valence-corrected chi connectivity index (χ4v) is 4.38. The Labute approximate surface area is 199 Å². The van der Waals surface area contributed by atoms with Gasteiger partial charge in [-0.25, -0.2) is 9.78 Å². The van der Waals surface area contributed by atoms with E-state index in [1.54, 1.807) is 24.1 Å². The topological polar surface area (TPSA) is 95.1 Å². The molecular weight excluding hydrogens is 434 g/mol. The van der Waals surface area contributed by atoms with Crippen LogP contribution in [0.15, 0.2) is 42.6 Å². The highest BCUT2D eigenvalue weighted by molar-refractivity contribution is 6.02. The highest BCUT2D eigenvalue weighted by atomic mass is 16.5. The molecule has 0 radical (unpaired) electrons. The third-order valence-corrected chi connectivity index (χ3v) is 6.08. The van der Waals surface area contributed by atoms with Crippen LogP contribution in [0.4, 0.5) is 17.2 Å². The molecule has 2 amide bonds. The molecule has 2 fully saturated rings. The van der Waals surface area contributed by atoms with Crippen molar-refractivity contribution in [3.63, 3.8) is 0 Å². The molecule has 2 aliphatic heterocycles. The number of ether oxygens (including phenoxy) is 1. The average Bonchev–Trinajstić information content (AvgIpc) is 3.13. The van der Waals surface area contributed by atoms with Gasteiger partial charge in [0.05, 0.1) is 30.1 Å². The summed E-state index contributed by atoms with van der Waals surface area (Å²) in [7, 11) is 0. The van der Waals surface area contributed by atoms with Crippen LogP contribution >= 0.6 is 0 Å². The number of aromatic nitrogens is 1. The summed E-state index contributed by atoms with van der Waals surface area (Å²) in [5, 5.41) is 3.00. The van der Waals surface area contributed by atoms with Gasteiger partial charge in [-0.3, -0.25) is 14.5 Å². The Hall–Kier alpha value is -3.46. The van der Waals surface area contributed by atoms with Crippen LogP contribution in [-0.2, 0) is 14.3 Å². The Balaban J connectivity index is 1.32. The molecule has 180 valence electrons. The molecule has 1 aromatic heterocycles. The SMILES string of the molecule is CCOC(=O)c1ccc(N2CCCN(CC(=O)Nc3ccccc3N3CCCC3=O)CC2)nc1. The number of pyridine rings is 1. The van der Waals surface area contributed by atoms with Crippen LogP contribution in [0.1, 0.15) is 36.5 Å². The van der Waals surface area contributed by atoms with E-state index >= 15 is 0 Å². The van der Waals surface area contributed by atoms with Gasteiger partial charge in [0.2, 0.25) is 11.8 Å². The summed E-state index contributed by atoms with van der Waals surface area (Å²) >= 11 is 0. The van der Waals surface area contributed by atoms with Crippen LogP contribution in [0.5, 0.6) is 0 Å². The van der Waals surface area contributed by atoms with Gasteiger partial charge in [0.1, 0.15) is 5.82 Å². The summed E-state index contributed by atoms with van der Waals surface area (Å²) < 4.78 is 5.01. The van der Waals surface area contributed by atoms with Gasteiger partial charge in [0.25, 0.3) is 0 Å². The molecule has 4 rings (SSSR count). The third-order valence-electron chi connectivity index (χ3n) is 6.08. The summed E-state index contributed by atoms with van der Waals surface area (Å²) in [6.07, 6.45) is 3.83. The van der Waals surface area contributed by atoms with E-state index in [1.165, 1.54) is 0 Å². The minimum atomic E-state index is -0.370. The van der Waals surface area contributed by atoms with E-state index in [0.29, 0.717) is 30.8 Å². The number of nitrogens with one attached hydrogen (secondary N) is 1. The van der Waals surface area contributed by atoms with Crippen molar-refractivity contribution in [1.29, 1.82) is 0 Å². The van der Waals surface area contributed by atoms with Gasteiger partial charge < -0.3 is 19.9 Å². The first-order valence-electron chi connectivity index (χ1n) is 11.8. The molecule has 3 heterocycles. The molecular formula is C25H31N5O4. The number of para-hydroxylation sites is 2. The van der Waals surface area contributed by atoms with E-state index in [4.69, 9.17) is 4.74 Å². The maximum absolute atomic E-state index is 12.8. The van der Waals surface area contributed by atoms with Gasteiger partial charge in [-0.1, -0.05) is 12.1 Å². The first-order valence-corrected chi connectivity index (χ1v) is 11.8. The van der Waals surface area contributed by atoms with Gasteiger partial charge in [-0.05, 0) is 44.0 Å². The lowest BCUT2D eigenvalue weighted by Crippen LogP contribution is -2.37. The lowest BCUT2D eigenvalue weighted by atomic mass is 10.2. The molecule has 0 spiro atoms. The summed E-state index contributed by atoms with van der Waals surface area (Å²) in [4.78, 5) is 47.3. The molecule has 1 aromatic carbocycles. The van der Waals surface area contributed by atoms with Crippen LogP contribution in [0.2, 0.25) is 0 Å². The molecule has 2 saturated heterocycles. The normalized spacial score (nSPS) is 16.9. The van der Waals surface area contributed by atoms with Crippen LogP contribution in [0.3, 0.4) is 0 Å². The Morgan fingerprint density at radius 1 is 1.03 bits per heavy atom. The molecule has 0 atom stereocenters. The highest BCUT2D eigenvalue weighted by Gasteiger charge is 2.25. The first-order chi connectivity index (χ1) is 16.5. The van der Waals surface area contributed by atoms with Gasteiger partial charge in [-0.2, -0.15) is 0 Å². The molecule has 2 aliphatic rings. The predicted octanol–water partition coefficient (Wildman–Crippen LogP) is 2.54. The summed E-state index contributed by atoms with van der Waals surface area (Å²) in [5.41, 5.74) is 1.87. The number of carbonyl (C=O) groups is 3. The quantitative estimate of drug-likeness (QED) is 0.628. The number of esters is 1. The zero-order valence-corrected chi connectivity index (χ0v) is 19.5. The molecule has 0 unspecified atom stereocenters. The number of hydrogen-bond donors (Lipinski definition) is 1. The Bertz CT molecular complexity index is 1030. The lowest BCUT2D eigenvalue weighted by Gasteiger charge is -2.23. The maximum Gasteiger partial charge on any atom is 0.339 e. The van der Waals surface area contributed by atoms with Gasteiger partial charge >= 0.3 is 5.97 Å². The van der Waals surface area contributed by atoms with Crippen molar-refractivity contribution in [2.45, 2.75) is 26.2 Å². The summed E-state index contributed by atoms with van der Waals surface area (Å²) in [5.74, 6) is 0.441. The monoisotopic (exact) mass is 465 g/mol. The standard InChI is InChI=1S/C25H31N5O4/c1-2-34-25(33)19-10-11-22(26-17-19)29-13-6-12-28(15-16-29)18-23(31)27-20-7-3-4-8-21(20)30-14-5-9-24(30)32/h3-4,7-8,10-11,17H,2,5-6,9,12-16,18H2,1H3,(H,27,31). The van der Waals surface area contributed by atoms with Crippen molar-refractivity contribution < 1.29 is 19.1 Å². The Morgan fingerprint density at radius 2 is 1.88 bits per heavy atom. The van der Waals surface area contributed by atoms with E-state index < -0.39 is 0 Å². The van der Waals surface area contributed by atoms with Crippen LogP contribution in [-0.4, -0.2) is 73.5 Å². The third kappa shape index (κ3) is 5.72. The van der Waals surface area contributed by atoms with E-state index in [1.807, 2.05) is 30.3 Å². The zero-order chi connectivity index (χ0) is 23.9. The maximum atomic E-state index is 12.8. The largest absolute Gasteiger partial charge is 0.462 e. The van der Waals surface area contributed by atoms with Crippen LogP contribution in [0.25, 0.3) is 0 Å². The number of nitrogens with zero attached hydrogens (tertiary/aromatic N) is 4. The molecule has 34 heavy (non-hydrogen) atoms. The number of amides is 2. The minimum Gasteiger partial charge on any atom is -0.462 e. The molecule has 9 nitrogen and oxygen atoms in total. The Morgan fingerprint density at radius 3 is 2.62 bits per heavy atom. The molecule has 0 saturated carbocycles. The number of benzene rings is 1. The van der Waals surface area contributed by atoms with Crippen molar-refractivity contribution in [2.75, 3.05) is 61.0 Å². The smallest absolute Gasteiger partial charge is 0.339 e. The Kier molecular flexibility index (Phi) is 7.74. The second-order valence-electron chi connectivity index (χ2n) is 8.46. The highest BCUT2D eigenvalue weighted by Crippen LogP contribution is 2.29. The predicted molar refractivity (Wildman–Crippen MR) is 130 cm³/mol. The lowest BCUT2D eigenvalue weighted by molar-refractivity contribution is -0.118. The number of hydrogen-bond acceptors (Lipinski definition) is 7. The summed E-state index contributed by atoms with van der Waals surface area (Å²) in [6.45, 7) is 6.15. The summed E-state index contributed by atoms with van der Waals surface area (Å²) in [6, 6.07) is 11.0. The first kappa shape index (κ1) is 23.7. The molecule has 1 N–H and O–H groups in total. The van der Waals surface area contributed by atoms with Crippen molar-refractivity contribution in [3.8, 4) is 0 Å². The van der Waals surface area contributed by atoms with E-state index in [0.717, 1.165) is 50.5 Å². The second kappa shape index (κ2) is 11.1. The van der Waals surface area contributed by atoms with Gasteiger partial charge in [-0.15, -0.1) is 0 Å². The van der Waals surface area contributed by atoms with Crippen molar-refractivity contribution in [1.82, 2.24) is 9.88 Å². The van der Waals surface area contributed by atoms with Crippen LogP contribution in [0, 0.1) is 0 Å². The average molecular weight is 466 g/mol. The molecule has 2 aromatic rings. The fraction of sp³-hybridized carbons (Fsp3) is 0.440. The van der Waals surface area contributed by atoms with Gasteiger partial charge in [0, 0.05) is 45.3 Å². The second-order valence-corrected chi connectivity index (χ2v) is 8.46. The fourth-order valence-electron chi connectivity index (χ4n) is 4.38. The molecule has 9 heteroatoms. The number of rotatable bonds is 7. The van der Waals surface area contributed by atoms with Crippen molar-refractivity contribution >= 4 is 35.0 Å². The van der Waals surface area contributed by atoms with Crippen molar-refractivity contribution in [2.24, 2.45) is 0 Å². The van der Waals surface area contributed by atoms with Gasteiger partial charge in [0.15, 0.2) is 0 Å². The van der Waals surface area contributed by atoms with E-state index in [9.17, 15) is 14.4 Å². The van der Waals surface area contributed by atoms with Crippen LogP contribution < -0.4 is 15.1 Å². The van der Waals surface area contributed by atoms with E-state index in [2.05, 4.69) is 20.1 Å².